The van der Waals surface area contributed by atoms with Crippen LogP contribution in [-0.2, 0) is 0 Å². The number of aryl methyl sites for hydroxylation is 1. The second kappa shape index (κ2) is 5.84. The fraction of sp³-hybridized carbons (Fsp3) is 0.462. The molecule has 0 bridgehead atoms. The van der Waals surface area contributed by atoms with Gasteiger partial charge in [-0.25, -0.2) is 15.0 Å². The van der Waals surface area contributed by atoms with Crippen molar-refractivity contribution in [3.63, 3.8) is 0 Å². The second-order valence-electron chi connectivity index (χ2n) is 4.76. The van der Waals surface area contributed by atoms with Crippen molar-refractivity contribution in [2.45, 2.75) is 39.7 Å². The molecule has 2 aromatic heterocycles. The van der Waals surface area contributed by atoms with Crippen LogP contribution in [0.25, 0.3) is 0 Å². The van der Waals surface area contributed by atoms with E-state index in [1.807, 2.05) is 27.0 Å². The molecule has 4 nitrogen and oxygen atoms in total. The normalized spacial score (nSPS) is 12.7. The number of aromatic nitrogens is 3. The van der Waals surface area contributed by atoms with Crippen molar-refractivity contribution < 1.29 is 0 Å². The van der Waals surface area contributed by atoms with Crippen LogP contribution in [0.15, 0.2) is 12.3 Å². The van der Waals surface area contributed by atoms with Gasteiger partial charge in [0.05, 0.1) is 6.04 Å². The number of thiazole rings is 1. The maximum Gasteiger partial charge on any atom is 0.135 e. The molecule has 2 aromatic rings. The van der Waals surface area contributed by atoms with Crippen LogP contribution in [0.1, 0.15) is 48.4 Å². The Balaban J connectivity index is 2.18. The van der Waals surface area contributed by atoms with Crippen LogP contribution in [0.5, 0.6) is 0 Å². The number of hydrogen-bond acceptors (Lipinski definition) is 5. The minimum absolute atomic E-state index is 0.102. The van der Waals surface area contributed by atoms with E-state index in [1.54, 1.807) is 17.4 Å². The molecular formula is C13H17ClN4S. The first kappa shape index (κ1) is 14.2. The molecule has 102 valence electrons. The van der Waals surface area contributed by atoms with Crippen LogP contribution in [0, 0.1) is 6.92 Å². The topological polar surface area (TPSA) is 50.7 Å². The highest BCUT2D eigenvalue weighted by Crippen LogP contribution is 2.24. The zero-order valence-electron chi connectivity index (χ0n) is 11.4. The van der Waals surface area contributed by atoms with Crippen molar-refractivity contribution in [1.29, 1.82) is 0 Å². The SMILES string of the molecule is Cc1cnc(C(C)Nc2cc(Cl)nc(C(C)C)n2)s1. The molecular weight excluding hydrogens is 280 g/mol. The lowest BCUT2D eigenvalue weighted by atomic mass is 10.2. The van der Waals surface area contributed by atoms with E-state index >= 15 is 0 Å². The van der Waals surface area contributed by atoms with Crippen LogP contribution < -0.4 is 5.32 Å². The molecule has 0 radical (unpaired) electrons. The van der Waals surface area contributed by atoms with Gasteiger partial charge < -0.3 is 5.32 Å². The van der Waals surface area contributed by atoms with Crippen LogP contribution in [0.3, 0.4) is 0 Å². The van der Waals surface area contributed by atoms with Crippen molar-refractivity contribution in [2.75, 3.05) is 5.32 Å². The lowest BCUT2D eigenvalue weighted by Gasteiger charge is -2.13. The Labute approximate surface area is 122 Å². The van der Waals surface area contributed by atoms with E-state index in [2.05, 4.69) is 27.2 Å². The monoisotopic (exact) mass is 296 g/mol. The smallest absolute Gasteiger partial charge is 0.135 e. The van der Waals surface area contributed by atoms with Crippen LogP contribution in [0.4, 0.5) is 5.82 Å². The van der Waals surface area contributed by atoms with Gasteiger partial charge in [0.1, 0.15) is 21.8 Å². The average molecular weight is 297 g/mol. The van der Waals surface area contributed by atoms with Crippen molar-refractivity contribution in [3.8, 4) is 0 Å². The van der Waals surface area contributed by atoms with Crippen LogP contribution in [0.2, 0.25) is 5.15 Å². The van der Waals surface area contributed by atoms with Crippen LogP contribution >= 0.6 is 22.9 Å². The summed E-state index contributed by atoms with van der Waals surface area (Å²) in [5, 5.41) is 4.82. The third-order valence-corrected chi connectivity index (χ3v) is 3.89. The minimum atomic E-state index is 0.102. The first-order chi connectivity index (χ1) is 8.95. The maximum atomic E-state index is 6.02. The highest BCUT2D eigenvalue weighted by molar-refractivity contribution is 7.11. The van der Waals surface area contributed by atoms with Crippen LogP contribution in [-0.4, -0.2) is 15.0 Å². The van der Waals surface area contributed by atoms with Crippen molar-refractivity contribution in [1.82, 2.24) is 15.0 Å². The van der Waals surface area contributed by atoms with Gasteiger partial charge in [-0.1, -0.05) is 25.4 Å². The lowest BCUT2D eigenvalue weighted by Crippen LogP contribution is -2.09. The number of hydrogen-bond donors (Lipinski definition) is 1. The number of rotatable bonds is 4. The summed E-state index contributed by atoms with van der Waals surface area (Å²) in [5.74, 6) is 1.73. The standard InChI is InChI=1S/C13H17ClN4S/c1-7(2)12-17-10(14)5-11(18-12)16-9(4)13-15-6-8(3)19-13/h5-7,9H,1-4H3,(H,16,17,18). The molecule has 0 aliphatic heterocycles. The first-order valence-electron chi connectivity index (χ1n) is 6.19. The molecule has 0 aliphatic carbocycles. The fourth-order valence-corrected chi connectivity index (χ4v) is 2.59. The Morgan fingerprint density at radius 1 is 1.26 bits per heavy atom. The van der Waals surface area contributed by atoms with Gasteiger partial charge in [0.25, 0.3) is 0 Å². The highest BCUT2D eigenvalue weighted by atomic mass is 35.5. The summed E-state index contributed by atoms with van der Waals surface area (Å²) in [5.41, 5.74) is 0. The Kier molecular flexibility index (Phi) is 4.37. The van der Waals surface area contributed by atoms with E-state index in [-0.39, 0.29) is 12.0 Å². The molecule has 0 amide bonds. The predicted octanol–water partition coefficient (Wildman–Crippen LogP) is 4.19. The summed E-state index contributed by atoms with van der Waals surface area (Å²) in [4.78, 5) is 14.3. The molecule has 0 spiro atoms. The molecule has 2 heterocycles. The van der Waals surface area contributed by atoms with E-state index in [0.29, 0.717) is 5.15 Å². The van der Waals surface area contributed by atoms with Crippen molar-refractivity contribution >= 4 is 28.8 Å². The van der Waals surface area contributed by atoms with Gasteiger partial charge >= 0.3 is 0 Å². The Bertz CT molecular complexity index is 568. The molecule has 19 heavy (non-hydrogen) atoms. The average Bonchev–Trinajstić information content (AvgIpc) is 2.75. The zero-order chi connectivity index (χ0) is 14.0. The van der Waals surface area contributed by atoms with Gasteiger partial charge in [0.2, 0.25) is 0 Å². The number of anilines is 1. The minimum Gasteiger partial charge on any atom is -0.361 e. The number of halogens is 1. The molecule has 0 fully saturated rings. The highest BCUT2D eigenvalue weighted by Gasteiger charge is 2.12. The Morgan fingerprint density at radius 2 is 2.00 bits per heavy atom. The summed E-state index contributed by atoms with van der Waals surface area (Å²) >= 11 is 7.70. The first-order valence-corrected chi connectivity index (χ1v) is 7.38. The van der Waals surface area contributed by atoms with E-state index in [4.69, 9.17) is 11.6 Å². The fourth-order valence-electron chi connectivity index (χ4n) is 1.62. The molecule has 1 N–H and O–H groups in total. The van der Waals surface area contributed by atoms with Gasteiger partial charge in [-0.05, 0) is 13.8 Å². The zero-order valence-corrected chi connectivity index (χ0v) is 13.0. The Hall–Kier alpha value is -1.20. The molecule has 1 atom stereocenters. The maximum absolute atomic E-state index is 6.02. The van der Waals surface area contributed by atoms with Gasteiger partial charge in [0.15, 0.2) is 0 Å². The second-order valence-corrected chi connectivity index (χ2v) is 6.42. The van der Waals surface area contributed by atoms with Gasteiger partial charge in [0, 0.05) is 23.1 Å². The molecule has 6 heteroatoms. The van der Waals surface area contributed by atoms with E-state index in [9.17, 15) is 0 Å². The Morgan fingerprint density at radius 3 is 2.58 bits per heavy atom. The molecule has 0 saturated heterocycles. The predicted molar refractivity (Wildman–Crippen MR) is 80.0 cm³/mol. The molecule has 2 rings (SSSR count). The summed E-state index contributed by atoms with van der Waals surface area (Å²) in [6.45, 7) is 8.20. The van der Waals surface area contributed by atoms with E-state index in [0.717, 1.165) is 16.6 Å². The molecule has 1 unspecified atom stereocenters. The molecule has 0 aliphatic rings. The van der Waals surface area contributed by atoms with E-state index < -0.39 is 0 Å². The third kappa shape index (κ3) is 3.64. The summed E-state index contributed by atoms with van der Waals surface area (Å²) in [6, 6.07) is 1.84. The van der Waals surface area contributed by atoms with E-state index in [1.165, 1.54) is 4.88 Å². The summed E-state index contributed by atoms with van der Waals surface area (Å²) in [7, 11) is 0. The largest absolute Gasteiger partial charge is 0.361 e. The van der Waals surface area contributed by atoms with Gasteiger partial charge in [-0.2, -0.15) is 0 Å². The number of nitrogens with zero attached hydrogens (tertiary/aromatic N) is 3. The van der Waals surface area contributed by atoms with Crippen molar-refractivity contribution in [3.05, 3.63) is 33.1 Å². The molecule has 0 aromatic carbocycles. The summed E-state index contributed by atoms with van der Waals surface area (Å²) in [6.07, 6.45) is 1.88. The lowest BCUT2D eigenvalue weighted by molar-refractivity contribution is 0.767. The molecule has 0 saturated carbocycles. The number of nitrogens with one attached hydrogen (secondary N) is 1. The van der Waals surface area contributed by atoms with Crippen molar-refractivity contribution in [2.24, 2.45) is 0 Å². The third-order valence-electron chi connectivity index (χ3n) is 2.60. The quantitative estimate of drug-likeness (QED) is 0.860. The van der Waals surface area contributed by atoms with Gasteiger partial charge in [-0.15, -0.1) is 11.3 Å². The van der Waals surface area contributed by atoms with Gasteiger partial charge in [-0.3, -0.25) is 0 Å². The summed E-state index contributed by atoms with van der Waals surface area (Å²) < 4.78 is 0.